The lowest BCUT2D eigenvalue weighted by atomic mass is 10.1. The van der Waals surface area contributed by atoms with Crippen LogP contribution in [-0.2, 0) is 17.8 Å². The van der Waals surface area contributed by atoms with Gasteiger partial charge in [-0.05, 0) is 47.7 Å². The second-order valence-corrected chi connectivity index (χ2v) is 10.2. The number of carbonyl (C=O) groups is 2. The van der Waals surface area contributed by atoms with Crippen LogP contribution in [0.4, 0.5) is 5.69 Å². The molecule has 0 saturated heterocycles. The van der Waals surface area contributed by atoms with Gasteiger partial charge in [-0.25, -0.2) is 0 Å². The molecule has 40 heavy (non-hydrogen) atoms. The van der Waals surface area contributed by atoms with Gasteiger partial charge in [0.25, 0.3) is 11.6 Å². The minimum Gasteiger partial charge on any atom is -0.497 e. The number of aromatic amines is 1. The standard InChI is InChI=1S/C31H34N4O5/c1-22(2)19-34(31(37)24-7-6-8-26(17-24)35(38)39)21-30(36)33(20-23-11-13-27(40-3)14-12-23)16-15-25-18-32-29-10-5-4-9-28(25)29/h4-14,17-18,22,32H,15-16,19-21H2,1-3H3. The zero-order valence-corrected chi connectivity index (χ0v) is 23.0. The smallest absolute Gasteiger partial charge is 0.270 e. The SMILES string of the molecule is COc1ccc(CN(CCc2c[nH]c3ccccc23)C(=O)CN(CC(C)C)C(=O)c2cccc([N+](=O)[O-])c2)cc1. The monoisotopic (exact) mass is 542 g/mol. The number of methoxy groups -OCH3 is 1. The van der Waals surface area contributed by atoms with E-state index in [1.54, 1.807) is 18.1 Å². The molecule has 0 fully saturated rings. The van der Waals surface area contributed by atoms with E-state index in [2.05, 4.69) is 11.1 Å². The maximum absolute atomic E-state index is 13.8. The molecular weight excluding hydrogens is 508 g/mol. The molecule has 1 N–H and O–H groups in total. The number of ether oxygens (including phenoxy) is 1. The minimum absolute atomic E-state index is 0.0942. The molecule has 0 unspecified atom stereocenters. The third-order valence-corrected chi connectivity index (χ3v) is 6.71. The predicted molar refractivity (Wildman–Crippen MR) is 154 cm³/mol. The number of nitro benzene ring substituents is 1. The molecule has 0 radical (unpaired) electrons. The summed E-state index contributed by atoms with van der Waals surface area (Å²) in [4.78, 5) is 44.5. The van der Waals surface area contributed by atoms with E-state index in [1.807, 2.05) is 62.5 Å². The molecule has 208 valence electrons. The molecule has 0 bridgehead atoms. The lowest BCUT2D eigenvalue weighted by molar-refractivity contribution is -0.384. The first-order valence-electron chi connectivity index (χ1n) is 13.2. The van der Waals surface area contributed by atoms with Gasteiger partial charge in [0, 0.05) is 54.4 Å². The summed E-state index contributed by atoms with van der Waals surface area (Å²) in [5.41, 5.74) is 3.10. The van der Waals surface area contributed by atoms with Crippen molar-refractivity contribution in [1.29, 1.82) is 0 Å². The second kappa shape index (κ2) is 12.9. The molecule has 4 rings (SSSR count). The number of hydrogen-bond acceptors (Lipinski definition) is 5. The number of fused-ring (bicyclic) bond motifs is 1. The van der Waals surface area contributed by atoms with E-state index < -0.39 is 10.8 Å². The van der Waals surface area contributed by atoms with E-state index in [0.29, 0.717) is 26.1 Å². The average Bonchev–Trinajstić information content (AvgIpc) is 3.37. The average molecular weight is 543 g/mol. The summed E-state index contributed by atoms with van der Waals surface area (Å²) < 4.78 is 5.27. The fourth-order valence-corrected chi connectivity index (χ4v) is 4.70. The highest BCUT2D eigenvalue weighted by Gasteiger charge is 2.24. The van der Waals surface area contributed by atoms with E-state index in [0.717, 1.165) is 27.8 Å². The molecule has 0 saturated carbocycles. The Bertz CT molecular complexity index is 1480. The highest BCUT2D eigenvalue weighted by Crippen LogP contribution is 2.20. The first-order chi connectivity index (χ1) is 19.2. The molecule has 0 aliphatic rings. The van der Waals surface area contributed by atoms with Crippen molar-refractivity contribution in [2.75, 3.05) is 26.7 Å². The first-order valence-corrected chi connectivity index (χ1v) is 13.2. The van der Waals surface area contributed by atoms with Crippen LogP contribution in [0.1, 0.15) is 35.3 Å². The Morgan fingerprint density at radius 1 is 1.00 bits per heavy atom. The highest BCUT2D eigenvalue weighted by molar-refractivity contribution is 5.97. The lowest BCUT2D eigenvalue weighted by Gasteiger charge is -2.29. The Kier molecular flexibility index (Phi) is 9.16. The van der Waals surface area contributed by atoms with Crippen LogP contribution in [0.25, 0.3) is 10.9 Å². The maximum atomic E-state index is 13.8. The van der Waals surface area contributed by atoms with Crippen molar-refractivity contribution in [2.45, 2.75) is 26.8 Å². The zero-order chi connectivity index (χ0) is 28.6. The number of hydrogen-bond donors (Lipinski definition) is 1. The summed E-state index contributed by atoms with van der Waals surface area (Å²) in [6.45, 7) is 4.95. The van der Waals surface area contributed by atoms with Crippen molar-refractivity contribution in [3.63, 3.8) is 0 Å². The summed E-state index contributed by atoms with van der Waals surface area (Å²) in [7, 11) is 1.60. The molecule has 1 aromatic heterocycles. The molecule has 3 aromatic carbocycles. The number of aromatic nitrogens is 1. The van der Waals surface area contributed by atoms with Gasteiger partial charge in [0.2, 0.25) is 5.91 Å². The first kappa shape index (κ1) is 28.4. The van der Waals surface area contributed by atoms with Gasteiger partial charge in [0.15, 0.2) is 0 Å². The number of rotatable bonds is 12. The number of nitrogens with one attached hydrogen (secondary N) is 1. The predicted octanol–water partition coefficient (Wildman–Crippen LogP) is 5.45. The third kappa shape index (κ3) is 7.05. The van der Waals surface area contributed by atoms with Crippen LogP contribution in [0.2, 0.25) is 0 Å². The summed E-state index contributed by atoms with van der Waals surface area (Å²) in [6, 6.07) is 21.2. The third-order valence-electron chi connectivity index (χ3n) is 6.71. The lowest BCUT2D eigenvalue weighted by Crippen LogP contribution is -2.44. The molecule has 2 amide bonds. The number of nitro groups is 1. The van der Waals surface area contributed by atoms with Crippen molar-refractivity contribution in [2.24, 2.45) is 5.92 Å². The number of para-hydroxylation sites is 1. The minimum atomic E-state index is -0.532. The molecule has 4 aromatic rings. The van der Waals surface area contributed by atoms with Crippen LogP contribution in [0.3, 0.4) is 0 Å². The van der Waals surface area contributed by atoms with Crippen molar-refractivity contribution in [3.05, 3.63) is 106 Å². The summed E-state index contributed by atoms with van der Waals surface area (Å²) in [5.74, 6) is 0.213. The summed E-state index contributed by atoms with van der Waals surface area (Å²) in [5, 5.41) is 12.4. The van der Waals surface area contributed by atoms with Crippen LogP contribution in [0.15, 0.2) is 79.0 Å². The quantitative estimate of drug-likeness (QED) is 0.189. The Morgan fingerprint density at radius 3 is 2.45 bits per heavy atom. The maximum Gasteiger partial charge on any atom is 0.270 e. The van der Waals surface area contributed by atoms with Crippen molar-refractivity contribution in [3.8, 4) is 5.75 Å². The number of H-pyrrole nitrogens is 1. The van der Waals surface area contributed by atoms with Crippen LogP contribution >= 0.6 is 0 Å². The molecule has 0 aliphatic carbocycles. The van der Waals surface area contributed by atoms with Crippen LogP contribution in [-0.4, -0.2) is 58.3 Å². The van der Waals surface area contributed by atoms with Gasteiger partial charge < -0.3 is 19.5 Å². The summed E-state index contributed by atoms with van der Waals surface area (Å²) >= 11 is 0. The molecule has 9 nitrogen and oxygen atoms in total. The topological polar surface area (TPSA) is 109 Å². The van der Waals surface area contributed by atoms with E-state index in [9.17, 15) is 19.7 Å². The van der Waals surface area contributed by atoms with Gasteiger partial charge in [-0.2, -0.15) is 0 Å². The molecule has 0 atom stereocenters. The number of amides is 2. The molecule has 0 aliphatic heterocycles. The van der Waals surface area contributed by atoms with E-state index in [-0.39, 0.29) is 29.6 Å². The van der Waals surface area contributed by atoms with Gasteiger partial charge in [-0.3, -0.25) is 19.7 Å². The molecule has 0 spiro atoms. The van der Waals surface area contributed by atoms with Crippen LogP contribution < -0.4 is 4.74 Å². The van der Waals surface area contributed by atoms with Gasteiger partial charge in [0.05, 0.1) is 12.0 Å². The van der Waals surface area contributed by atoms with Crippen LogP contribution in [0.5, 0.6) is 5.75 Å². The van der Waals surface area contributed by atoms with Gasteiger partial charge in [0.1, 0.15) is 12.3 Å². The normalized spacial score (nSPS) is 11.0. The highest BCUT2D eigenvalue weighted by atomic mass is 16.6. The molecule has 1 heterocycles. The number of nitrogens with zero attached hydrogens (tertiary/aromatic N) is 3. The van der Waals surface area contributed by atoms with Gasteiger partial charge in [-0.1, -0.05) is 50.2 Å². The number of non-ortho nitro benzene ring substituents is 1. The molecule has 9 heteroatoms. The van der Waals surface area contributed by atoms with Crippen molar-refractivity contribution >= 4 is 28.4 Å². The van der Waals surface area contributed by atoms with E-state index in [4.69, 9.17) is 4.74 Å². The number of carbonyl (C=O) groups excluding carboxylic acids is 2. The Morgan fingerprint density at radius 2 is 1.75 bits per heavy atom. The van der Waals surface area contributed by atoms with Gasteiger partial charge in [-0.15, -0.1) is 0 Å². The second-order valence-electron chi connectivity index (χ2n) is 10.2. The number of benzene rings is 3. The fourth-order valence-electron chi connectivity index (χ4n) is 4.70. The zero-order valence-electron chi connectivity index (χ0n) is 23.0. The fraction of sp³-hybridized carbons (Fsp3) is 0.290. The summed E-state index contributed by atoms with van der Waals surface area (Å²) in [6.07, 6.45) is 2.60. The van der Waals surface area contributed by atoms with Gasteiger partial charge >= 0.3 is 0 Å². The Balaban J connectivity index is 1.57. The van der Waals surface area contributed by atoms with E-state index >= 15 is 0 Å². The van der Waals surface area contributed by atoms with E-state index in [1.165, 1.54) is 23.1 Å². The Labute approximate surface area is 233 Å². The largest absolute Gasteiger partial charge is 0.497 e. The molecular formula is C31H34N4O5. The van der Waals surface area contributed by atoms with Crippen molar-refractivity contribution in [1.82, 2.24) is 14.8 Å². The van der Waals surface area contributed by atoms with Crippen molar-refractivity contribution < 1.29 is 19.2 Å². The van der Waals surface area contributed by atoms with Crippen LogP contribution in [0, 0.1) is 16.0 Å². The Hall–Kier alpha value is -4.66.